The normalized spacial score (nSPS) is 12.9. The molecule has 3 N–H and O–H groups in total. The number of hydrogen-bond donors (Lipinski definition) is 3. The van der Waals surface area contributed by atoms with E-state index >= 15 is 0 Å². The van der Waals surface area contributed by atoms with E-state index in [1.54, 1.807) is 0 Å². The van der Waals surface area contributed by atoms with E-state index in [9.17, 15) is 59.4 Å². The van der Waals surface area contributed by atoms with Crippen LogP contribution in [0, 0.1) is 11.6 Å². The van der Waals surface area contributed by atoms with E-state index < -0.39 is 59.1 Å². The molecule has 0 fully saturated rings. The first-order chi connectivity index (χ1) is 30.3. The van der Waals surface area contributed by atoms with E-state index in [0.717, 1.165) is 69.2 Å². The van der Waals surface area contributed by atoms with Gasteiger partial charge in [0.2, 0.25) is 11.8 Å². The van der Waals surface area contributed by atoms with Crippen molar-refractivity contribution >= 4 is 23.8 Å². The van der Waals surface area contributed by atoms with Gasteiger partial charge in [0.1, 0.15) is 11.6 Å². The number of amides is 2. The zero-order chi connectivity index (χ0) is 49.2. The molecule has 370 valence electrons. The average molecular weight is 943 g/mol. The van der Waals surface area contributed by atoms with Crippen molar-refractivity contribution in [3.8, 4) is 0 Å². The third-order valence-electron chi connectivity index (χ3n) is 9.58. The number of carboxylic acid groups (broad SMARTS) is 2. The Morgan fingerprint density at radius 2 is 1.06 bits per heavy atom. The van der Waals surface area contributed by atoms with Crippen molar-refractivity contribution in [3.63, 3.8) is 0 Å². The van der Waals surface area contributed by atoms with Crippen molar-refractivity contribution in [2.75, 3.05) is 61.5 Å². The SMILES string of the molecule is CN(C)C[C@@H](CC(=O)O)NC(=O)CCCCCCCOCc1ccc(C(F)(F)F)cc1F.C[N+](C)(C)C[C@@H](CC(=O)[O-])NC(=O)CCCCCCCOCc1ccc(C(F)(F)F)cc1F. The van der Waals surface area contributed by atoms with Crippen molar-refractivity contribution < 1.29 is 78.5 Å². The summed E-state index contributed by atoms with van der Waals surface area (Å²) in [6, 6.07) is 3.88. The molecule has 2 aromatic rings. The Morgan fingerprint density at radius 3 is 1.42 bits per heavy atom. The zero-order valence-electron chi connectivity index (χ0n) is 38.0. The van der Waals surface area contributed by atoms with E-state index in [0.29, 0.717) is 75.0 Å². The smallest absolute Gasteiger partial charge is 0.416 e. The molecule has 0 unspecified atom stereocenters. The number of nitrogens with zero attached hydrogens (tertiary/aromatic N) is 2. The molecular weight excluding hydrogens is 876 g/mol. The molecule has 0 aliphatic carbocycles. The first-order valence-electron chi connectivity index (χ1n) is 21.6. The summed E-state index contributed by atoms with van der Waals surface area (Å²) in [6.07, 6.45) is -0.993. The third kappa shape index (κ3) is 29.0. The summed E-state index contributed by atoms with van der Waals surface area (Å²) in [6.45, 7) is 1.48. The highest BCUT2D eigenvalue weighted by Gasteiger charge is 2.32. The summed E-state index contributed by atoms with van der Waals surface area (Å²) in [5.41, 5.74) is -1.89. The number of aliphatic carboxylic acids is 2. The van der Waals surface area contributed by atoms with Gasteiger partial charge in [-0.15, -0.1) is 0 Å². The number of carbonyl (C=O) groups is 4. The number of alkyl halides is 6. The number of nitrogens with one attached hydrogen (secondary N) is 2. The fourth-order valence-corrected chi connectivity index (χ4v) is 6.52. The molecule has 0 saturated carbocycles. The molecule has 2 atom stereocenters. The van der Waals surface area contributed by atoms with Crippen LogP contribution in [0.4, 0.5) is 35.1 Å². The maximum atomic E-state index is 13.7. The summed E-state index contributed by atoms with van der Waals surface area (Å²) in [5.74, 6) is -4.38. The van der Waals surface area contributed by atoms with Crippen molar-refractivity contribution in [2.45, 2.75) is 128 Å². The maximum absolute atomic E-state index is 13.7. The molecule has 0 aliphatic rings. The third-order valence-corrected chi connectivity index (χ3v) is 9.58. The van der Waals surface area contributed by atoms with Crippen LogP contribution in [-0.2, 0) is 54.2 Å². The number of quaternary nitrogens is 1. The topological polar surface area (TPSA) is 157 Å². The highest BCUT2D eigenvalue weighted by atomic mass is 19.4. The van der Waals surface area contributed by atoms with E-state index in [4.69, 9.17) is 14.6 Å². The van der Waals surface area contributed by atoms with Crippen molar-refractivity contribution in [3.05, 3.63) is 70.3 Å². The number of likely N-dealkylation sites (N-methyl/N-ethyl adjacent to an activating group) is 2. The largest absolute Gasteiger partial charge is 0.550 e. The number of ether oxygens (including phenoxy) is 2. The number of carbonyl (C=O) groups excluding carboxylic acids is 3. The van der Waals surface area contributed by atoms with Crippen LogP contribution in [0.3, 0.4) is 0 Å². The molecule has 0 bridgehead atoms. The molecule has 12 nitrogen and oxygen atoms in total. The molecule has 2 rings (SSSR count). The summed E-state index contributed by atoms with van der Waals surface area (Å²) in [5, 5.41) is 25.3. The molecule has 0 aromatic heterocycles. The molecule has 2 amide bonds. The lowest BCUT2D eigenvalue weighted by Gasteiger charge is -2.30. The second kappa shape index (κ2) is 30.0. The Hall–Kier alpha value is -4.40. The fraction of sp³-hybridized carbons (Fsp3) is 0.644. The minimum absolute atomic E-state index is 0.0799. The molecule has 2 aromatic carbocycles. The first kappa shape index (κ1) is 58.6. The lowest BCUT2D eigenvalue weighted by molar-refractivity contribution is -0.871. The molecule has 0 heterocycles. The second-order valence-electron chi connectivity index (χ2n) is 17.2. The summed E-state index contributed by atoms with van der Waals surface area (Å²) in [7, 11) is 9.37. The molecule has 20 heteroatoms. The molecule has 65 heavy (non-hydrogen) atoms. The van der Waals surface area contributed by atoms with Crippen LogP contribution in [0.25, 0.3) is 0 Å². The van der Waals surface area contributed by atoms with Gasteiger partial charge in [0.25, 0.3) is 0 Å². The standard InChI is InChI=1S/C23H34F4N2O4.C22H32F4N2O4/c1-29(2,3)15-19(14-22(31)32)28-21(30)9-7-5-4-6-8-12-33-16-17-10-11-18(13-20(17)24)23(25,26)27;1-28(2)14-18(13-21(30)31)27-20(29)8-6-4-3-5-7-11-32-15-16-9-10-17(12-19(16)23)22(24,25)26/h10-11,13,19H,4-9,12,14-16H2,1-3H3,(H-,28,30,31,32);9-10,12,18H,3-8,11,13-15H2,1-2H3,(H,27,29)(H,30,31)/t19-;18-/m11/s1. The summed E-state index contributed by atoms with van der Waals surface area (Å²) >= 11 is 0. The van der Waals surface area contributed by atoms with Crippen molar-refractivity contribution in [2.24, 2.45) is 0 Å². The number of halogens is 8. The number of unbranched alkanes of at least 4 members (excludes halogenated alkanes) is 8. The van der Waals surface area contributed by atoms with Crippen molar-refractivity contribution in [1.82, 2.24) is 15.5 Å². The minimum Gasteiger partial charge on any atom is -0.550 e. The molecular formula is C45H66F8N4O8. The number of carboxylic acids is 2. The van der Waals surface area contributed by atoms with E-state index in [-0.39, 0.29) is 49.0 Å². The first-order valence-corrected chi connectivity index (χ1v) is 21.6. The van der Waals surface area contributed by atoms with Crippen LogP contribution in [0.5, 0.6) is 0 Å². The highest BCUT2D eigenvalue weighted by molar-refractivity contribution is 5.77. The lowest BCUT2D eigenvalue weighted by atomic mass is 10.1. The Bertz CT molecular complexity index is 1740. The number of hydrogen-bond acceptors (Lipinski definition) is 8. The van der Waals surface area contributed by atoms with Gasteiger partial charge in [-0.1, -0.05) is 50.7 Å². The van der Waals surface area contributed by atoms with Crippen LogP contribution < -0.4 is 15.7 Å². The average Bonchev–Trinajstić information content (AvgIpc) is 3.15. The van der Waals surface area contributed by atoms with Crippen LogP contribution in [0.15, 0.2) is 36.4 Å². The Labute approximate surface area is 376 Å². The van der Waals surface area contributed by atoms with Gasteiger partial charge >= 0.3 is 18.3 Å². The predicted molar refractivity (Wildman–Crippen MR) is 225 cm³/mol. The zero-order valence-corrected chi connectivity index (χ0v) is 38.0. The van der Waals surface area contributed by atoms with E-state index in [1.807, 2.05) is 40.1 Å². The van der Waals surface area contributed by atoms with E-state index in [2.05, 4.69) is 10.6 Å². The lowest BCUT2D eigenvalue weighted by Crippen LogP contribution is -2.50. The van der Waals surface area contributed by atoms with Crippen molar-refractivity contribution in [1.29, 1.82) is 0 Å². The maximum Gasteiger partial charge on any atom is 0.416 e. The summed E-state index contributed by atoms with van der Waals surface area (Å²) in [4.78, 5) is 47.7. The second-order valence-corrected chi connectivity index (χ2v) is 17.2. The van der Waals surface area contributed by atoms with Gasteiger partial charge in [-0.3, -0.25) is 14.4 Å². The summed E-state index contributed by atoms with van der Waals surface area (Å²) < 4.78 is 114. The van der Waals surface area contributed by atoms with Gasteiger partial charge in [0.05, 0.1) is 70.5 Å². The quantitative estimate of drug-likeness (QED) is 0.0417. The van der Waals surface area contributed by atoms with Gasteiger partial charge in [-0.2, -0.15) is 26.3 Å². The number of benzene rings is 2. The van der Waals surface area contributed by atoms with Gasteiger partial charge in [0.15, 0.2) is 0 Å². The van der Waals surface area contributed by atoms with Crippen LogP contribution >= 0.6 is 0 Å². The Kier molecular flexibility index (Phi) is 27.1. The highest BCUT2D eigenvalue weighted by Crippen LogP contribution is 2.31. The minimum atomic E-state index is -4.58. The van der Waals surface area contributed by atoms with Gasteiger partial charge in [-0.25, -0.2) is 8.78 Å². The van der Waals surface area contributed by atoms with Gasteiger partial charge < -0.3 is 44.5 Å². The molecule has 0 aliphatic heterocycles. The van der Waals surface area contributed by atoms with Crippen LogP contribution in [0.1, 0.15) is 112 Å². The van der Waals surface area contributed by atoms with Gasteiger partial charge in [0, 0.05) is 56.1 Å². The molecule has 0 spiro atoms. The molecule has 0 radical (unpaired) electrons. The monoisotopic (exact) mass is 942 g/mol. The predicted octanol–water partition coefficient (Wildman–Crippen LogP) is 7.26. The molecule has 0 saturated heterocycles. The van der Waals surface area contributed by atoms with E-state index in [1.165, 1.54) is 0 Å². The fourth-order valence-electron chi connectivity index (χ4n) is 6.52. The Balaban J connectivity index is 0.000000650. The van der Waals surface area contributed by atoms with Gasteiger partial charge in [-0.05, 0) is 64.0 Å². The number of rotatable bonds is 30. The van der Waals surface area contributed by atoms with Crippen LogP contribution in [-0.4, -0.2) is 112 Å². The van der Waals surface area contributed by atoms with Crippen LogP contribution in [0.2, 0.25) is 0 Å². The Morgan fingerprint density at radius 1 is 0.662 bits per heavy atom.